The van der Waals surface area contributed by atoms with Gasteiger partial charge in [0.15, 0.2) is 5.16 Å². The van der Waals surface area contributed by atoms with Gasteiger partial charge < -0.3 is 19.5 Å². The summed E-state index contributed by atoms with van der Waals surface area (Å²) in [4.78, 5) is 39.5. The van der Waals surface area contributed by atoms with E-state index in [4.69, 9.17) is 9.72 Å². The molecule has 174 valence electrons. The van der Waals surface area contributed by atoms with Crippen LogP contribution in [0.25, 0.3) is 10.2 Å². The number of carbonyl (C=O) groups is 1. The normalized spacial score (nSPS) is 16.5. The molecule has 0 spiro atoms. The van der Waals surface area contributed by atoms with E-state index in [1.165, 1.54) is 35.0 Å². The van der Waals surface area contributed by atoms with Crippen LogP contribution in [0.5, 0.6) is 5.75 Å². The summed E-state index contributed by atoms with van der Waals surface area (Å²) in [5.41, 5.74) is 2.19. The molecule has 1 aliphatic heterocycles. The second kappa shape index (κ2) is 9.77. The maximum Gasteiger partial charge on any atom is 0.260 e. The lowest BCUT2D eigenvalue weighted by atomic mass is 10.1. The number of aryl methyl sites for hydroxylation is 2. The Hall–Kier alpha value is -2.52. The largest absolute Gasteiger partial charge is 0.495 e. The van der Waals surface area contributed by atoms with E-state index >= 15 is 0 Å². The number of para-hydroxylation sites is 2. The summed E-state index contributed by atoms with van der Waals surface area (Å²) in [5.74, 6) is 1.20. The number of ether oxygens (including phenoxy) is 1. The van der Waals surface area contributed by atoms with Crippen molar-refractivity contribution in [3.63, 3.8) is 0 Å². The molecule has 3 aromatic rings. The summed E-state index contributed by atoms with van der Waals surface area (Å²) in [6.45, 7) is 2.85. The number of hydrogen-bond donors (Lipinski definition) is 1. The van der Waals surface area contributed by atoms with Gasteiger partial charge in [-0.1, -0.05) is 30.3 Å². The summed E-state index contributed by atoms with van der Waals surface area (Å²) in [6, 6.07) is 7.97. The molecule has 9 heteroatoms. The predicted molar refractivity (Wildman–Crippen MR) is 134 cm³/mol. The van der Waals surface area contributed by atoms with Gasteiger partial charge in [-0.2, -0.15) is 0 Å². The number of rotatable bonds is 5. The number of thiophene rings is 1. The molecule has 1 N–H and O–H groups in total. The first kappa shape index (κ1) is 22.3. The second-order valence-corrected chi connectivity index (χ2v) is 10.5. The molecule has 1 fully saturated rings. The van der Waals surface area contributed by atoms with Crippen LogP contribution in [0.15, 0.2) is 34.2 Å². The van der Waals surface area contributed by atoms with Crippen molar-refractivity contribution in [3.05, 3.63) is 45.1 Å². The number of nitrogens with one attached hydrogen (secondary N) is 1. The van der Waals surface area contributed by atoms with Crippen LogP contribution in [-0.4, -0.2) is 59.8 Å². The lowest BCUT2D eigenvalue weighted by Gasteiger charge is -2.36. The summed E-state index contributed by atoms with van der Waals surface area (Å²) < 4.78 is 5.47. The summed E-state index contributed by atoms with van der Waals surface area (Å²) >= 11 is 2.97. The zero-order chi connectivity index (χ0) is 22.8. The second-order valence-electron chi connectivity index (χ2n) is 8.44. The first-order chi connectivity index (χ1) is 16.1. The predicted octanol–water partition coefficient (Wildman–Crippen LogP) is 3.70. The number of aromatic amines is 1. The first-order valence-electron chi connectivity index (χ1n) is 11.5. The molecule has 1 amide bonds. The van der Waals surface area contributed by atoms with Gasteiger partial charge in [0.25, 0.3) is 5.56 Å². The van der Waals surface area contributed by atoms with Gasteiger partial charge in [0.1, 0.15) is 10.6 Å². The zero-order valence-corrected chi connectivity index (χ0v) is 20.4. The molecule has 1 aliphatic carbocycles. The molecule has 2 aliphatic rings. The van der Waals surface area contributed by atoms with Gasteiger partial charge in [-0.05, 0) is 43.4 Å². The van der Waals surface area contributed by atoms with Gasteiger partial charge in [-0.25, -0.2) is 4.98 Å². The average Bonchev–Trinajstić information content (AvgIpc) is 3.04. The summed E-state index contributed by atoms with van der Waals surface area (Å²) in [5, 5.41) is 1.30. The number of fused-ring (bicyclic) bond motifs is 3. The van der Waals surface area contributed by atoms with Crippen LogP contribution in [0.2, 0.25) is 0 Å². The quantitative estimate of drug-likeness (QED) is 0.338. The molecule has 0 unspecified atom stereocenters. The van der Waals surface area contributed by atoms with Crippen molar-refractivity contribution in [1.82, 2.24) is 14.9 Å². The molecule has 1 saturated heterocycles. The number of aromatic nitrogens is 2. The fourth-order valence-electron chi connectivity index (χ4n) is 4.70. The highest BCUT2D eigenvalue weighted by Crippen LogP contribution is 2.33. The van der Waals surface area contributed by atoms with Crippen LogP contribution in [-0.2, 0) is 17.6 Å². The summed E-state index contributed by atoms with van der Waals surface area (Å²) in [6.07, 6.45) is 5.53. The third-order valence-electron chi connectivity index (χ3n) is 6.44. The van der Waals surface area contributed by atoms with Gasteiger partial charge in [0.05, 0.1) is 23.9 Å². The maximum atomic E-state index is 12.8. The van der Waals surface area contributed by atoms with E-state index in [1.807, 2.05) is 23.1 Å². The topological polar surface area (TPSA) is 78.5 Å². The molecule has 0 saturated carbocycles. The minimum Gasteiger partial charge on any atom is -0.495 e. The molecule has 1 aromatic carbocycles. The van der Waals surface area contributed by atoms with E-state index in [1.54, 1.807) is 18.4 Å². The average molecular weight is 485 g/mol. The Labute approximate surface area is 201 Å². The minimum absolute atomic E-state index is 0.0697. The molecule has 0 radical (unpaired) electrons. The van der Waals surface area contributed by atoms with Crippen molar-refractivity contribution in [2.45, 2.75) is 37.3 Å². The fraction of sp³-hybridized carbons (Fsp3) is 0.458. The monoisotopic (exact) mass is 484 g/mol. The maximum absolute atomic E-state index is 12.8. The van der Waals surface area contributed by atoms with Crippen molar-refractivity contribution in [3.8, 4) is 5.75 Å². The highest BCUT2D eigenvalue weighted by atomic mass is 32.2. The van der Waals surface area contributed by atoms with Gasteiger partial charge in [-0.3, -0.25) is 9.59 Å². The van der Waals surface area contributed by atoms with E-state index in [2.05, 4.69) is 16.0 Å². The molecular formula is C24H28N4O3S2. The van der Waals surface area contributed by atoms with E-state index in [0.29, 0.717) is 18.2 Å². The Morgan fingerprint density at radius 3 is 2.76 bits per heavy atom. The Morgan fingerprint density at radius 2 is 1.94 bits per heavy atom. The number of anilines is 1. The SMILES string of the molecule is COc1ccccc1N1CCN(C(=O)CSc2nc3sc4c(c3c(=O)[nH]2)CCCCC4)CC1. The standard InChI is InChI=1S/C24H28N4O3S2/c1-31-18-9-6-5-8-17(18)27-11-13-28(14-12-27)20(29)15-32-24-25-22(30)21-16-7-3-2-4-10-19(16)33-23(21)26-24/h5-6,8-9H,2-4,7,10-15H2,1H3,(H,25,26,30). The highest BCUT2D eigenvalue weighted by Gasteiger charge is 2.24. The number of piperazine rings is 1. The van der Waals surface area contributed by atoms with Gasteiger partial charge in [0.2, 0.25) is 5.91 Å². The van der Waals surface area contributed by atoms with Gasteiger partial charge in [-0.15, -0.1) is 11.3 Å². The summed E-state index contributed by atoms with van der Waals surface area (Å²) in [7, 11) is 1.68. The number of carbonyl (C=O) groups excluding carboxylic acids is 1. The Kier molecular flexibility index (Phi) is 6.59. The van der Waals surface area contributed by atoms with Crippen LogP contribution < -0.4 is 15.2 Å². The molecular weight excluding hydrogens is 456 g/mol. The first-order valence-corrected chi connectivity index (χ1v) is 13.3. The number of benzene rings is 1. The van der Waals surface area contributed by atoms with Crippen molar-refractivity contribution in [2.24, 2.45) is 0 Å². The molecule has 0 bridgehead atoms. The molecule has 3 heterocycles. The van der Waals surface area contributed by atoms with Crippen LogP contribution in [0.4, 0.5) is 5.69 Å². The van der Waals surface area contributed by atoms with Crippen LogP contribution in [0.3, 0.4) is 0 Å². The van der Waals surface area contributed by atoms with Crippen LogP contribution in [0, 0.1) is 0 Å². The lowest BCUT2D eigenvalue weighted by molar-refractivity contribution is -0.128. The number of methoxy groups -OCH3 is 1. The smallest absolute Gasteiger partial charge is 0.260 e. The van der Waals surface area contributed by atoms with Crippen LogP contribution >= 0.6 is 23.1 Å². The van der Waals surface area contributed by atoms with Crippen molar-refractivity contribution in [2.75, 3.05) is 43.9 Å². The Morgan fingerprint density at radius 1 is 1.15 bits per heavy atom. The van der Waals surface area contributed by atoms with Gasteiger partial charge in [0, 0.05) is 31.1 Å². The van der Waals surface area contributed by atoms with E-state index in [0.717, 1.165) is 54.0 Å². The zero-order valence-electron chi connectivity index (χ0n) is 18.8. The number of hydrogen-bond acceptors (Lipinski definition) is 7. The third-order valence-corrected chi connectivity index (χ3v) is 8.49. The highest BCUT2D eigenvalue weighted by molar-refractivity contribution is 7.99. The van der Waals surface area contributed by atoms with Crippen LogP contribution in [0.1, 0.15) is 29.7 Å². The molecule has 0 atom stereocenters. The van der Waals surface area contributed by atoms with Crippen molar-refractivity contribution in [1.29, 1.82) is 0 Å². The number of H-pyrrole nitrogens is 1. The van der Waals surface area contributed by atoms with E-state index in [9.17, 15) is 9.59 Å². The van der Waals surface area contributed by atoms with E-state index < -0.39 is 0 Å². The molecule has 7 nitrogen and oxygen atoms in total. The minimum atomic E-state index is -0.0697. The van der Waals surface area contributed by atoms with E-state index in [-0.39, 0.29) is 17.2 Å². The lowest BCUT2D eigenvalue weighted by Crippen LogP contribution is -2.49. The number of amides is 1. The molecule has 2 aromatic heterocycles. The molecule has 33 heavy (non-hydrogen) atoms. The van der Waals surface area contributed by atoms with Crippen molar-refractivity contribution >= 4 is 44.9 Å². The molecule has 5 rings (SSSR count). The fourth-order valence-corrected chi connectivity index (χ4v) is 6.78. The number of thioether (sulfide) groups is 1. The Bertz CT molecular complexity index is 1210. The van der Waals surface area contributed by atoms with Crippen molar-refractivity contribution < 1.29 is 9.53 Å². The Balaban J connectivity index is 1.21. The third kappa shape index (κ3) is 4.61. The number of nitrogens with zero attached hydrogens (tertiary/aromatic N) is 3. The van der Waals surface area contributed by atoms with Gasteiger partial charge >= 0.3 is 0 Å².